The second-order valence-corrected chi connectivity index (χ2v) is 8.42. The summed E-state index contributed by atoms with van der Waals surface area (Å²) in [4.78, 5) is 25.1. The minimum absolute atomic E-state index is 0.0523. The maximum Gasteiger partial charge on any atom is 0.340 e. The first kappa shape index (κ1) is 19.1. The molecule has 0 radical (unpaired) electrons. The molecule has 0 spiro atoms. The number of sulfonamides is 1. The van der Waals surface area contributed by atoms with Crippen molar-refractivity contribution in [2.24, 2.45) is 0 Å². The number of para-hydroxylation sites is 1. The van der Waals surface area contributed by atoms with E-state index < -0.39 is 22.1 Å². The van der Waals surface area contributed by atoms with Gasteiger partial charge >= 0.3 is 5.97 Å². The van der Waals surface area contributed by atoms with Crippen molar-refractivity contribution in [3.05, 3.63) is 64.7 Å². The van der Waals surface area contributed by atoms with Crippen molar-refractivity contribution >= 4 is 27.5 Å². The average Bonchev–Trinajstić information content (AvgIpc) is 3.07. The largest absolute Gasteiger partial charge is 0.451 e. The van der Waals surface area contributed by atoms with Gasteiger partial charge in [-0.1, -0.05) is 24.3 Å². The number of benzene rings is 2. The highest BCUT2D eigenvalue weighted by Crippen LogP contribution is 2.24. The monoisotopic (exact) mass is 387 g/mol. The highest BCUT2D eigenvalue weighted by molar-refractivity contribution is 7.92. The first-order valence-electron chi connectivity index (χ1n) is 8.68. The number of esters is 1. The Hall–Kier alpha value is -2.67. The summed E-state index contributed by atoms with van der Waals surface area (Å²) in [5.74, 6) is -1.05. The lowest BCUT2D eigenvalue weighted by Gasteiger charge is -2.15. The lowest BCUT2D eigenvalue weighted by atomic mass is 10.0. The van der Waals surface area contributed by atoms with Crippen LogP contribution in [0.2, 0.25) is 0 Å². The summed E-state index contributed by atoms with van der Waals surface area (Å²) in [5.41, 5.74) is 3.11. The van der Waals surface area contributed by atoms with Crippen LogP contribution in [-0.4, -0.2) is 32.5 Å². The SMILES string of the molecule is C[C@H](OC(=O)c1ccccc1NS(C)(=O)=O)C(=O)c1ccc2c(c1)CCC2. The molecule has 1 aliphatic carbocycles. The van der Waals surface area contributed by atoms with E-state index in [0.717, 1.165) is 25.5 Å². The fourth-order valence-corrected chi connectivity index (χ4v) is 3.76. The molecule has 142 valence electrons. The van der Waals surface area contributed by atoms with Crippen LogP contribution in [0, 0.1) is 0 Å². The number of carbonyl (C=O) groups excluding carboxylic acids is 2. The van der Waals surface area contributed by atoms with Gasteiger partial charge in [0, 0.05) is 5.56 Å². The van der Waals surface area contributed by atoms with Crippen LogP contribution in [0.15, 0.2) is 42.5 Å². The Labute approximate surface area is 158 Å². The smallest absolute Gasteiger partial charge is 0.340 e. The molecule has 0 heterocycles. The van der Waals surface area contributed by atoms with E-state index in [0.29, 0.717) is 5.56 Å². The molecule has 1 atom stereocenters. The van der Waals surface area contributed by atoms with E-state index in [1.165, 1.54) is 30.2 Å². The highest BCUT2D eigenvalue weighted by Gasteiger charge is 2.23. The van der Waals surface area contributed by atoms with Gasteiger partial charge < -0.3 is 4.74 Å². The molecule has 1 N–H and O–H groups in total. The standard InChI is InChI=1S/C20H21NO5S/c1-13(19(22)16-11-10-14-6-5-7-15(14)12-16)26-20(23)17-8-3-4-9-18(17)21-27(2,24)25/h3-4,8-13,21H,5-7H2,1-2H3/t13-/m0/s1. The molecular formula is C20H21NO5S. The fraction of sp³-hybridized carbons (Fsp3) is 0.300. The van der Waals surface area contributed by atoms with Crippen molar-refractivity contribution in [2.75, 3.05) is 11.0 Å². The van der Waals surface area contributed by atoms with Crippen LogP contribution in [-0.2, 0) is 27.6 Å². The molecule has 0 amide bonds. The van der Waals surface area contributed by atoms with Crippen molar-refractivity contribution < 1.29 is 22.7 Å². The Balaban J connectivity index is 1.75. The van der Waals surface area contributed by atoms with Gasteiger partial charge in [0.05, 0.1) is 17.5 Å². The Morgan fingerprint density at radius 3 is 2.52 bits per heavy atom. The molecule has 7 heteroatoms. The maximum atomic E-state index is 12.6. The predicted octanol–water partition coefficient (Wildman–Crippen LogP) is 2.98. The molecule has 6 nitrogen and oxygen atoms in total. The maximum absolute atomic E-state index is 12.6. The molecule has 0 fully saturated rings. The summed E-state index contributed by atoms with van der Waals surface area (Å²) in [6, 6.07) is 11.7. The van der Waals surface area contributed by atoms with Crippen LogP contribution in [0.5, 0.6) is 0 Å². The van der Waals surface area contributed by atoms with E-state index in [-0.39, 0.29) is 17.0 Å². The van der Waals surface area contributed by atoms with Gasteiger partial charge in [0.2, 0.25) is 15.8 Å². The number of fused-ring (bicyclic) bond motifs is 1. The quantitative estimate of drug-likeness (QED) is 0.608. The Morgan fingerprint density at radius 2 is 1.78 bits per heavy atom. The number of aryl methyl sites for hydroxylation is 2. The van der Waals surface area contributed by atoms with E-state index >= 15 is 0 Å². The Bertz CT molecular complexity index is 997. The second kappa shape index (κ2) is 7.52. The topological polar surface area (TPSA) is 89.5 Å². The van der Waals surface area contributed by atoms with Crippen molar-refractivity contribution in [1.29, 1.82) is 0 Å². The minimum atomic E-state index is -3.55. The molecule has 0 saturated heterocycles. The number of nitrogens with one attached hydrogen (secondary N) is 1. The molecule has 1 aliphatic rings. The normalized spacial score (nSPS) is 14.3. The van der Waals surface area contributed by atoms with Crippen LogP contribution in [0.25, 0.3) is 0 Å². The van der Waals surface area contributed by atoms with Crippen LogP contribution >= 0.6 is 0 Å². The van der Waals surface area contributed by atoms with Crippen molar-refractivity contribution in [3.63, 3.8) is 0 Å². The third-order valence-electron chi connectivity index (χ3n) is 4.48. The lowest BCUT2D eigenvalue weighted by molar-refractivity contribution is 0.0320. The molecule has 3 rings (SSSR count). The van der Waals surface area contributed by atoms with E-state index in [9.17, 15) is 18.0 Å². The summed E-state index contributed by atoms with van der Waals surface area (Å²) in [6.07, 6.45) is 3.08. The summed E-state index contributed by atoms with van der Waals surface area (Å²) < 4.78 is 30.5. The molecule has 0 unspecified atom stereocenters. The van der Waals surface area contributed by atoms with E-state index in [2.05, 4.69) is 4.72 Å². The van der Waals surface area contributed by atoms with Gasteiger partial charge in [0.25, 0.3) is 0 Å². The molecular weight excluding hydrogens is 366 g/mol. The number of Topliss-reactive ketones (excluding diaryl/α,β-unsaturated/α-hetero) is 1. The highest BCUT2D eigenvalue weighted by atomic mass is 32.2. The summed E-state index contributed by atoms with van der Waals surface area (Å²) in [6.45, 7) is 1.51. The minimum Gasteiger partial charge on any atom is -0.451 e. The van der Waals surface area contributed by atoms with E-state index in [1.54, 1.807) is 18.2 Å². The van der Waals surface area contributed by atoms with Crippen LogP contribution in [0.3, 0.4) is 0 Å². The summed E-state index contributed by atoms with van der Waals surface area (Å²) in [7, 11) is -3.55. The zero-order valence-corrected chi connectivity index (χ0v) is 16.0. The van der Waals surface area contributed by atoms with E-state index in [1.807, 2.05) is 12.1 Å². The summed E-state index contributed by atoms with van der Waals surface area (Å²) >= 11 is 0. The number of hydrogen-bond donors (Lipinski definition) is 1. The first-order chi connectivity index (χ1) is 12.7. The average molecular weight is 387 g/mol. The Kier molecular flexibility index (Phi) is 5.32. The molecule has 0 aromatic heterocycles. The van der Waals surface area contributed by atoms with Crippen LogP contribution < -0.4 is 4.72 Å². The molecule has 27 heavy (non-hydrogen) atoms. The second-order valence-electron chi connectivity index (χ2n) is 6.67. The third-order valence-corrected chi connectivity index (χ3v) is 5.07. The van der Waals surface area contributed by atoms with Crippen LogP contribution in [0.4, 0.5) is 5.69 Å². The third kappa shape index (κ3) is 4.54. The zero-order chi connectivity index (χ0) is 19.6. The number of carbonyl (C=O) groups is 2. The Morgan fingerprint density at radius 1 is 1.07 bits per heavy atom. The van der Waals surface area contributed by atoms with Crippen molar-refractivity contribution in [1.82, 2.24) is 0 Å². The van der Waals surface area contributed by atoms with Gasteiger partial charge in [-0.15, -0.1) is 0 Å². The molecule has 2 aromatic carbocycles. The fourth-order valence-electron chi connectivity index (χ4n) is 3.19. The van der Waals surface area contributed by atoms with Gasteiger partial charge in [0.15, 0.2) is 6.10 Å². The molecule has 0 bridgehead atoms. The van der Waals surface area contributed by atoms with E-state index in [4.69, 9.17) is 4.74 Å². The van der Waals surface area contributed by atoms with Gasteiger partial charge in [-0.25, -0.2) is 13.2 Å². The van der Waals surface area contributed by atoms with Crippen LogP contribution in [0.1, 0.15) is 45.2 Å². The first-order valence-corrected chi connectivity index (χ1v) is 10.6. The van der Waals surface area contributed by atoms with Gasteiger partial charge in [-0.2, -0.15) is 0 Å². The number of anilines is 1. The zero-order valence-electron chi connectivity index (χ0n) is 15.2. The number of rotatable bonds is 6. The number of hydrogen-bond acceptors (Lipinski definition) is 5. The predicted molar refractivity (Wildman–Crippen MR) is 103 cm³/mol. The lowest BCUT2D eigenvalue weighted by Crippen LogP contribution is -2.25. The number of ketones is 1. The van der Waals surface area contributed by atoms with Gasteiger partial charge in [0.1, 0.15) is 0 Å². The molecule has 0 aliphatic heterocycles. The molecule has 0 saturated carbocycles. The molecule has 2 aromatic rings. The summed E-state index contributed by atoms with van der Waals surface area (Å²) in [5, 5.41) is 0. The van der Waals surface area contributed by atoms with Gasteiger partial charge in [-0.3, -0.25) is 9.52 Å². The van der Waals surface area contributed by atoms with Crippen molar-refractivity contribution in [2.45, 2.75) is 32.3 Å². The number of ether oxygens (including phenoxy) is 1. The van der Waals surface area contributed by atoms with Gasteiger partial charge in [-0.05, 0) is 55.5 Å². The van der Waals surface area contributed by atoms with Crippen molar-refractivity contribution in [3.8, 4) is 0 Å².